The number of nitrogens with one attached hydrogen (secondary N) is 1. The van der Waals surface area contributed by atoms with E-state index in [1.807, 2.05) is 6.07 Å². The van der Waals surface area contributed by atoms with Gasteiger partial charge in [0.05, 0.1) is 11.8 Å². The molecule has 0 saturated carbocycles. The Morgan fingerprint density at radius 1 is 1.47 bits per heavy atom. The van der Waals surface area contributed by atoms with Crippen molar-refractivity contribution >= 4 is 17.6 Å². The Kier molecular flexibility index (Phi) is 2.00. The lowest BCUT2D eigenvalue weighted by Gasteiger charge is -2.19. The van der Waals surface area contributed by atoms with Crippen LogP contribution in [0, 0.1) is 0 Å². The molecule has 2 N–H and O–H groups in total. The van der Waals surface area contributed by atoms with Gasteiger partial charge < -0.3 is 10.4 Å². The predicted molar refractivity (Wildman–Crippen MR) is 54.7 cm³/mol. The van der Waals surface area contributed by atoms with Gasteiger partial charge in [-0.25, -0.2) is 0 Å². The van der Waals surface area contributed by atoms with Crippen molar-refractivity contribution in [2.45, 2.75) is 18.8 Å². The van der Waals surface area contributed by atoms with Crippen LogP contribution in [-0.2, 0) is 15.0 Å². The Hall–Kier alpha value is -1.84. The summed E-state index contributed by atoms with van der Waals surface area (Å²) >= 11 is 0. The van der Waals surface area contributed by atoms with Crippen LogP contribution in [0.15, 0.2) is 24.3 Å². The summed E-state index contributed by atoms with van der Waals surface area (Å²) in [6, 6.07) is 7.18. The predicted octanol–water partition coefficient (Wildman–Crippen LogP) is 1.37. The Balaban J connectivity index is 2.49. The number of fused-ring (bicyclic) bond motifs is 1. The third-order valence-electron chi connectivity index (χ3n) is 2.78. The van der Waals surface area contributed by atoms with Crippen LogP contribution < -0.4 is 5.32 Å². The minimum Gasteiger partial charge on any atom is -0.481 e. The highest BCUT2D eigenvalue weighted by Gasteiger charge is 2.43. The molecule has 0 bridgehead atoms. The van der Waals surface area contributed by atoms with Gasteiger partial charge >= 0.3 is 5.97 Å². The maximum Gasteiger partial charge on any atom is 0.304 e. The number of aliphatic carboxylic acids is 1. The Morgan fingerprint density at radius 2 is 2.13 bits per heavy atom. The van der Waals surface area contributed by atoms with Crippen molar-refractivity contribution in [1.29, 1.82) is 0 Å². The van der Waals surface area contributed by atoms with E-state index < -0.39 is 11.4 Å². The lowest BCUT2D eigenvalue weighted by Crippen LogP contribution is -2.33. The van der Waals surface area contributed by atoms with Crippen molar-refractivity contribution in [3.05, 3.63) is 29.8 Å². The van der Waals surface area contributed by atoms with E-state index in [-0.39, 0.29) is 12.3 Å². The molecule has 1 aromatic carbocycles. The molecular formula is C11H11NO3. The number of carboxylic acids is 1. The smallest absolute Gasteiger partial charge is 0.304 e. The molecule has 4 nitrogen and oxygen atoms in total. The molecule has 1 amide bonds. The number of hydrogen-bond acceptors (Lipinski definition) is 2. The van der Waals surface area contributed by atoms with E-state index in [4.69, 9.17) is 5.11 Å². The van der Waals surface area contributed by atoms with Crippen LogP contribution in [-0.4, -0.2) is 17.0 Å². The van der Waals surface area contributed by atoms with Gasteiger partial charge in [0.25, 0.3) is 0 Å². The molecule has 0 saturated heterocycles. The number of benzene rings is 1. The molecule has 1 aliphatic rings. The number of carbonyl (C=O) groups excluding carboxylic acids is 1. The maximum atomic E-state index is 11.7. The number of para-hydroxylation sites is 1. The molecule has 1 atom stereocenters. The first-order valence-electron chi connectivity index (χ1n) is 4.67. The van der Waals surface area contributed by atoms with Crippen molar-refractivity contribution in [2.75, 3.05) is 5.32 Å². The molecule has 0 radical (unpaired) electrons. The summed E-state index contributed by atoms with van der Waals surface area (Å²) in [6.45, 7) is 1.66. The lowest BCUT2D eigenvalue weighted by atomic mass is 9.81. The molecular weight excluding hydrogens is 194 g/mol. The first-order chi connectivity index (χ1) is 7.04. The van der Waals surface area contributed by atoms with E-state index in [1.54, 1.807) is 25.1 Å². The number of hydrogen-bond donors (Lipinski definition) is 2. The van der Waals surface area contributed by atoms with Crippen LogP contribution >= 0.6 is 0 Å². The first kappa shape index (κ1) is 9.71. The van der Waals surface area contributed by atoms with E-state index in [0.29, 0.717) is 5.69 Å². The van der Waals surface area contributed by atoms with E-state index in [1.165, 1.54) is 0 Å². The third kappa shape index (κ3) is 1.38. The van der Waals surface area contributed by atoms with Crippen LogP contribution in [0.4, 0.5) is 5.69 Å². The lowest BCUT2D eigenvalue weighted by molar-refractivity contribution is -0.140. The third-order valence-corrected chi connectivity index (χ3v) is 2.78. The van der Waals surface area contributed by atoms with E-state index in [2.05, 4.69) is 5.32 Å². The molecule has 15 heavy (non-hydrogen) atoms. The fourth-order valence-corrected chi connectivity index (χ4v) is 1.93. The van der Waals surface area contributed by atoms with Crippen LogP contribution in [0.2, 0.25) is 0 Å². The number of carbonyl (C=O) groups is 2. The highest BCUT2D eigenvalue weighted by molar-refractivity contribution is 6.07. The molecule has 0 aliphatic carbocycles. The van der Waals surface area contributed by atoms with Gasteiger partial charge in [0.1, 0.15) is 0 Å². The zero-order chi connectivity index (χ0) is 11.1. The number of anilines is 1. The normalized spacial score (nSPS) is 23.4. The van der Waals surface area contributed by atoms with Crippen LogP contribution in [0.3, 0.4) is 0 Å². The molecule has 78 valence electrons. The Bertz CT molecular complexity index is 441. The van der Waals surface area contributed by atoms with Gasteiger partial charge in [-0.1, -0.05) is 18.2 Å². The summed E-state index contributed by atoms with van der Waals surface area (Å²) in [5.74, 6) is -1.21. The summed E-state index contributed by atoms with van der Waals surface area (Å²) in [5, 5.41) is 11.5. The minimum absolute atomic E-state index is 0.185. The summed E-state index contributed by atoms with van der Waals surface area (Å²) < 4.78 is 0. The molecule has 4 heteroatoms. The summed E-state index contributed by atoms with van der Waals surface area (Å²) in [6.07, 6.45) is -0.185. The SMILES string of the molecule is CC1(CC(=O)O)C(=O)Nc2ccccc21. The standard InChI is InChI=1S/C11H11NO3/c1-11(6-9(13)14)7-4-2-3-5-8(7)12-10(11)15/h2-5H,6H2,1H3,(H,12,15)(H,13,14). The Morgan fingerprint density at radius 3 is 2.80 bits per heavy atom. The molecule has 1 unspecified atom stereocenters. The second kappa shape index (κ2) is 3.08. The average Bonchev–Trinajstić information content (AvgIpc) is 2.39. The van der Waals surface area contributed by atoms with Crippen molar-refractivity contribution in [2.24, 2.45) is 0 Å². The second-order valence-corrected chi connectivity index (χ2v) is 3.90. The quantitative estimate of drug-likeness (QED) is 0.766. The molecule has 0 fully saturated rings. The zero-order valence-electron chi connectivity index (χ0n) is 8.28. The molecule has 1 heterocycles. The number of amides is 1. The largest absolute Gasteiger partial charge is 0.481 e. The summed E-state index contributed by atoms with van der Waals surface area (Å²) in [7, 11) is 0. The molecule has 1 aliphatic heterocycles. The van der Waals surface area contributed by atoms with Crippen molar-refractivity contribution in [3.8, 4) is 0 Å². The average molecular weight is 205 g/mol. The van der Waals surface area contributed by atoms with Crippen molar-refractivity contribution in [3.63, 3.8) is 0 Å². The first-order valence-corrected chi connectivity index (χ1v) is 4.67. The fraction of sp³-hybridized carbons (Fsp3) is 0.273. The van der Waals surface area contributed by atoms with E-state index in [9.17, 15) is 9.59 Å². The maximum absolute atomic E-state index is 11.7. The summed E-state index contributed by atoms with van der Waals surface area (Å²) in [5.41, 5.74) is 0.534. The summed E-state index contributed by atoms with van der Waals surface area (Å²) in [4.78, 5) is 22.4. The van der Waals surface area contributed by atoms with Gasteiger partial charge in [-0.05, 0) is 18.6 Å². The van der Waals surface area contributed by atoms with E-state index >= 15 is 0 Å². The van der Waals surface area contributed by atoms with E-state index in [0.717, 1.165) is 5.56 Å². The second-order valence-electron chi connectivity index (χ2n) is 3.90. The highest BCUT2D eigenvalue weighted by atomic mass is 16.4. The highest BCUT2D eigenvalue weighted by Crippen LogP contribution is 2.39. The van der Waals surface area contributed by atoms with Gasteiger partial charge in [0.2, 0.25) is 5.91 Å². The molecule has 2 rings (SSSR count). The fourth-order valence-electron chi connectivity index (χ4n) is 1.93. The van der Waals surface area contributed by atoms with Gasteiger partial charge in [0.15, 0.2) is 0 Å². The molecule has 0 aromatic heterocycles. The van der Waals surface area contributed by atoms with Gasteiger partial charge in [-0.2, -0.15) is 0 Å². The van der Waals surface area contributed by atoms with Gasteiger partial charge in [0, 0.05) is 5.69 Å². The van der Waals surface area contributed by atoms with Crippen LogP contribution in [0.5, 0.6) is 0 Å². The molecule has 1 aromatic rings. The molecule has 0 spiro atoms. The monoisotopic (exact) mass is 205 g/mol. The van der Waals surface area contributed by atoms with Crippen LogP contribution in [0.1, 0.15) is 18.9 Å². The van der Waals surface area contributed by atoms with Crippen molar-refractivity contribution in [1.82, 2.24) is 0 Å². The van der Waals surface area contributed by atoms with Crippen LogP contribution in [0.25, 0.3) is 0 Å². The Labute approximate surface area is 86.9 Å². The minimum atomic E-state index is -0.968. The zero-order valence-corrected chi connectivity index (χ0v) is 8.28. The number of carboxylic acid groups (broad SMARTS) is 1. The van der Waals surface area contributed by atoms with Gasteiger partial charge in [-0.3, -0.25) is 9.59 Å². The van der Waals surface area contributed by atoms with Gasteiger partial charge in [-0.15, -0.1) is 0 Å². The topological polar surface area (TPSA) is 66.4 Å². The number of rotatable bonds is 2. The van der Waals surface area contributed by atoms with Crippen molar-refractivity contribution < 1.29 is 14.7 Å².